The zero-order valence-electron chi connectivity index (χ0n) is 23.7. The molecule has 2 saturated heterocycles. The van der Waals surface area contributed by atoms with Gasteiger partial charge in [-0.3, -0.25) is 14.2 Å². The van der Waals surface area contributed by atoms with Crippen LogP contribution >= 0.6 is 11.3 Å². The zero-order valence-corrected chi connectivity index (χ0v) is 24.5. The molecule has 0 spiro atoms. The first-order valence-electron chi connectivity index (χ1n) is 13.7. The number of hydrogen-bond donors (Lipinski definition) is 1. The van der Waals surface area contributed by atoms with E-state index in [-0.39, 0.29) is 25.0 Å². The number of aromatic nitrogens is 3. The van der Waals surface area contributed by atoms with Crippen LogP contribution < -0.4 is 16.0 Å². The molecule has 4 aromatic rings. The van der Waals surface area contributed by atoms with Gasteiger partial charge in [0.05, 0.1) is 29.7 Å². The Balaban J connectivity index is 0.000000442. The summed E-state index contributed by atoms with van der Waals surface area (Å²) in [6, 6.07) is 3.33. The minimum absolute atomic E-state index is 0.0891. The quantitative estimate of drug-likeness (QED) is 0.358. The Hall–Kier alpha value is -3.81. The van der Waals surface area contributed by atoms with E-state index in [1.165, 1.54) is 58.6 Å². The molecule has 11 nitrogen and oxygen atoms in total. The number of methoxy groups -OCH3 is 1. The number of thiophene rings is 1. The van der Waals surface area contributed by atoms with Crippen LogP contribution in [0.4, 0.5) is 4.39 Å². The van der Waals surface area contributed by atoms with Gasteiger partial charge in [-0.05, 0) is 61.9 Å². The Kier molecular flexibility index (Phi) is 8.90. The van der Waals surface area contributed by atoms with Crippen molar-refractivity contribution in [1.29, 1.82) is 0 Å². The number of oxazole rings is 1. The Labute approximate surface area is 244 Å². The van der Waals surface area contributed by atoms with E-state index < -0.39 is 23.1 Å². The number of aliphatic hydroxyl groups excluding tert-OH is 1. The second-order valence-electron chi connectivity index (χ2n) is 10.3. The number of nitrogens with zero attached hydrogens (tertiary/aromatic N) is 4. The van der Waals surface area contributed by atoms with Crippen molar-refractivity contribution in [1.82, 2.24) is 19.0 Å². The maximum absolute atomic E-state index is 13.9. The van der Waals surface area contributed by atoms with Gasteiger partial charge in [-0.15, -0.1) is 11.3 Å². The van der Waals surface area contributed by atoms with Crippen LogP contribution in [0.25, 0.3) is 21.0 Å². The predicted molar refractivity (Wildman–Crippen MR) is 155 cm³/mol. The van der Waals surface area contributed by atoms with Gasteiger partial charge >= 0.3 is 5.69 Å². The van der Waals surface area contributed by atoms with Crippen LogP contribution in [0.1, 0.15) is 36.4 Å². The molecule has 1 aromatic carbocycles. The van der Waals surface area contributed by atoms with Gasteiger partial charge in [0.15, 0.2) is 0 Å². The highest BCUT2D eigenvalue weighted by molar-refractivity contribution is 7.22. The van der Waals surface area contributed by atoms with E-state index in [0.29, 0.717) is 50.8 Å². The van der Waals surface area contributed by atoms with Gasteiger partial charge in [0.1, 0.15) is 28.7 Å². The molecule has 0 radical (unpaired) electrons. The highest BCUT2D eigenvalue weighted by atomic mass is 32.1. The van der Waals surface area contributed by atoms with Gasteiger partial charge < -0.3 is 23.9 Å². The molecule has 224 valence electrons. The lowest BCUT2D eigenvalue weighted by Crippen LogP contribution is -2.44. The summed E-state index contributed by atoms with van der Waals surface area (Å²) in [4.78, 5) is 46.9. The summed E-state index contributed by atoms with van der Waals surface area (Å²) >= 11 is 1.23. The monoisotopic (exact) mass is 600 g/mol. The number of carbonyl (C=O) groups excluding carboxylic acids is 1. The molecule has 13 heteroatoms. The summed E-state index contributed by atoms with van der Waals surface area (Å²) in [5.74, 6) is 0.153. The SMILES string of the molecule is COc1ccc(F)cc1CCn1c(=O)n(C2CCN(C)C2=O)c(=O)c2c(C)c(-c3ncco3)sc21.OC1CCOCC1. The molecule has 3 aromatic heterocycles. The van der Waals surface area contributed by atoms with Crippen LogP contribution in [-0.2, 0) is 22.5 Å². The number of likely N-dealkylation sites (tertiary alicyclic amines) is 1. The van der Waals surface area contributed by atoms with Crippen molar-refractivity contribution in [2.75, 3.05) is 33.9 Å². The molecule has 1 atom stereocenters. The summed E-state index contributed by atoms with van der Waals surface area (Å²) < 4.78 is 32.3. The van der Waals surface area contributed by atoms with Crippen molar-refractivity contribution in [3.8, 4) is 16.5 Å². The number of ether oxygens (including phenoxy) is 2. The van der Waals surface area contributed by atoms with E-state index in [1.807, 2.05) is 0 Å². The lowest BCUT2D eigenvalue weighted by atomic mass is 10.1. The Morgan fingerprint density at radius 2 is 1.95 bits per heavy atom. The van der Waals surface area contributed by atoms with Crippen LogP contribution in [0.3, 0.4) is 0 Å². The third-order valence-corrected chi connectivity index (χ3v) is 8.92. The number of likely N-dealkylation sites (N-methyl/N-ethyl adjacent to an activating group) is 1. The van der Waals surface area contributed by atoms with Crippen LogP contribution in [0.2, 0.25) is 0 Å². The van der Waals surface area contributed by atoms with Gasteiger partial charge in [0.25, 0.3) is 5.56 Å². The molecule has 0 bridgehead atoms. The molecule has 5 heterocycles. The smallest absolute Gasteiger partial charge is 0.332 e. The molecule has 1 amide bonds. The van der Waals surface area contributed by atoms with Gasteiger partial charge in [-0.2, -0.15) is 0 Å². The van der Waals surface area contributed by atoms with Crippen molar-refractivity contribution >= 4 is 27.5 Å². The highest BCUT2D eigenvalue weighted by Crippen LogP contribution is 2.36. The predicted octanol–water partition coefficient (Wildman–Crippen LogP) is 3.14. The lowest BCUT2D eigenvalue weighted by molar-refractivity contribution is -0.129. The fourth-order valence-corrected chi connectivity index (χ4v) is 6.54. The highest BCUT2D eigenvalue weighted by Gasteiger charge is 2.35. The number of amides is 1. The molecule has 6 rings (SSSR count). The second-order valence-corrected chi connectivity index (χ2v) is 11.3. The Bertz CT molecular complexity index is 1690. The molecule has 2 aliphatic rings. The summed E-state index contributed by atoms with van der Waals surface area (Å²) in [5, 5.41) is 9.17. The third-order valence-electron chi connectivity index (χ3n) is 7.62. The van der Waals surface area contributed by atoms with Crippen molar-refractivity contribution in [2.45, 2.75) is 51.3 Å². The first-order valence-corrected chi connectivity index (χ1v) is 14.5. The van der Waals surface area contributed by atoms with Gasteiger partial charge in [0.2, 0.25) is 11.8 Å². The van der Waals surface area contributed by atoms with Crippen LogP contribution in [0.5, 0.6) is 5.75 Å². The number of carbonyl (C=O) groups is 1. The molecule has 2 fully saturated rings. The molecular formula is C29H33FN4O7S. The number of aliphatic hydroxyl groups is 1. The van der Waals surface area contributed by atoms with E-state index in [0.717, 1.165) is 30.6 Å². The molecule has 1 unspecified atom stereocenters. The van der Waals surface area contributed by atoms with Crippen molar-refractivity contribution < 1.29 is 28.2 Å². The van der Waals surface area contributed by atoms with E-state index in [9.17, 15) is 18.8 Å². The molecule has 2 aliphatic heterocycles. The van der Waals surface area contributed by atoms with E-state index >= 15 is 0 Å². The minimum atomic E-state index is -0.871. The normalized spacial score (nSPS) is 17.5. The third kappa shape index (κ3) is 5.76. The molecule has 42 heavy (non-hydrogen) atoms. The average molecular weight is 601 g/mol. The lowest BCUT2D eigenvalue weighted by Gasteiger charge is -2.17. The maximum atomic E-state index is 13.9. The number of rotatable bonds is 6. The number of halogens is 1. The topological polar surface area (TPSA) is 129 Å². The first kappa shape index (κ1) is 29.7. The molecule has 1 N–H and O–H groups in total. The fourth-order valence-electron chi connectivity index (χ4n) is 5.28. The van der Waals surface area contributed by atoms with Crippen LogP contribution in [0, 0.1) is 12.7 Å². The van der Waals surface area contributed by atoms with Gasteiger partial charge in [-0.1, -0.05) is 0 Å². The van der Waals surface area contributed by atoms with Crippen molar-refractivity contribution in [2.24, 2.45) is 0 Å². The summed E-state index contributed by atoms with van der Waals surface area (Å²) in [7, 11) is 3.14. The molecular weight excluding hydrogens is 567 g/mol. The minimum Gasteiger partial charge on any atom is -0.496 e. The standard InChI is InChI=1S/C24H23FN4O5S.C5H10O2/c1-13-18-22(31)29(16-7-9-27(2)21(16)30)24(32)28(23(18)35-19(13)20-26-8-11-34-20)10-6-14-12-15(25)4-5-17(14)33-3;6-5-1-3-7-4-2-5/h4-5,8,11-12,16H,6-7,9-10H2,1-3H3;5-6H,1-4H2. The number of aryl methyl sites for hydroxylation is 3. The van der Waals surface area contributed by atoms with E-state index in [2.05, 4.69) is 4.98 Å². The number of fused-ring (bicyclic) bond motifs is 1. The zero-order chi connectivity index (χ0) is 30.0. The fraction of sp³-hybridized carbons (Fsp3) is 0.448. The van der Waals surface area contributed by atoms with Crippen molar-refractivity contribution in [3.05, 3.63) is 68.4 Å². The maximum Gasteiger partial charge on any atom is 0.332 e. The van der Waals surface area contributed by atoms with Gasteiger partial charge in [-0.25, -0.2) is 18.7 Å². The van der Waals surface area contributed by atoms with E-state index in [4.69, 9.17) is 19.0 Å². The second kappa shape index (κ2) is 12.6. The van der Waals surface area contributed by atoms with Crippen molar-refractivity contribution in [3.63, 3.8) is 0 Å². The summed E-state index contributed by atoms with van der Waals surface area (Å²) in [6.45, 7) is 3.86. The molecule has 0 aliphatic carbocycles. The Morgan fingerprint density at radius 1 is 1.19 bits per heavy atom. The largest absolute Gasteiger partial charge is 0.496 e. The molecule has 0 saturated carbocycles. The first-order chi connectivity index (χ1) is 20.2. The van der Waals surface area contributed by atoms with E-state index in [1.54, 1.807) is 14.0 Å². The van der Waals surface area contributed by atoms with Gasteiger partial charge in [0, 0.05) is 33.4 Å². The summed E-state index contributed by atoms with van der Waals surface area (Å²) in [6.07, 6.45) is 5.14. The average Bonchev–Trinajstić information content (AvgIpc) is 3.70. The van der Waals surface area contributed by atoms with Crippen LogP contribution in [-0.4, -0.2) is 70.1 Å². The summed E-state index contributed by atoms with van der Waals surface area (Å²) in [5.41, 5.74) is 0.127. The van der Waals surface area contributed by atoms with Crippen LogP contribution in [0.15, 0.2) is 44.7 Å². The Morgan fingerprint density at radius 3 is 2.55 bits per heavy atom. The number of benzene rings is 1. The number of hydrogen-bond acceptors (Lipinski definition) is 9.